The van der Waals surface area contributed by atoms with Crippen molar-refractivity contribution in [2.45, 2.75) is 30.9 Å². The van der Waals surface area contributed by atoms with Gasteiger partial charge in [-0.3, -0.25) is 10.1 Å². The molecule has 3 aromatic rings. The van der Waals surface area contributed by atoms with Crippen LogP contribution in [0.15, 0.2) is 52.7 Å². The summed E-state index contributed by atoms with van der Waals surface area (Å²) in [5.41, 5.74) is 3.06. The average molecular weight is 431 g/mol. The molecule has 1 amide bonds. The lowest BCUT2D eigenvalue weighted by Crippen LogP contribution is -2.15. The van der Waals surface area contributed by atoms with Gasteiger partial charge in [-0.05, 0) is 68.8 Å². The van der Waals surface area contributed by atoms with Crippen LogP contribution >= 0.6 is 11.3 Å². The quantitative estimate of drug-likeness (QED) is 0.620. The average Bonchev–Trinajstić information content (AvgIpc) is 3.16. The molecule has 6 nitrogen and oxygen atoms in total. The molecule has 0 saturated carbocycles. The minimum Gasteiger partial charge on any atom is -0.496 e. The zero-order valence-electron chi connectivity index (χ0n) is 16.6. The van der Waals surface area contributed by atoms with Crippen LogP contribution in [0.25, 0.3) is 11.3 Å². The standard InChI is InChI=1S/C21H22N2O4S2/c1-13(2)29(25,26)17-8-5-15(6-9-17)20(24)23-21-22-18(12-28-21)16-7-10-19(27-4)14(3)11-16/h5-13H,1-4H3,(H,22,23,24). The van der Waals surface area contributed by atoms with Gasteiger partial charge in [0.05, 0.1) is 22.9 Å². The number of carbonyl (C=O) groups is 1. The van der Waals surface area contributed by atoms with Crippen LogP contribution in [0.3, 0.4) is 0 Å². The van der Waals surface area contributed by atoms with Crippen molar-refractivity contribution in [1.82, 2.24) is 4.98 Å². The number of nitrogens with zero attached hydrogens (tertiary/aromatic N) is 1. The second-order valence-corrected chi connectivity index (χ2v) is 10.2. The zero-order chi connectivity index (χ0) is 21.2. The van der Waals surface area contributed by atoms with Crippen LogP contribution in [0, 0.1) is 6.92 Å². The van der Waals surface area contributed by atoms with E-state index < -0.39 is 15.1 Å². The number of hydrogen-bond acceptors (Lipinski definition) is 6. The van der Waals surface area contributed by atoms with Crippen LogP contribution < -0.4 is 10.1 Å². The Morgan fingerprint density at radius 2 is 1.83 bits per heavy atom. The lowest BCUT2D eigenvalue weighted by atomic mass is 10.1. The highest BCUT2D eigenvalue weighted by Gasteiger charge is 2.19. The molecular formula is C21H22N2O4S2. The fraction of sp³-hybridized carbons (Fsp3) is 0.238. The van der Waals surface area contributed by atoms with Crippen LogP contribution in [0.4, 0.5) is 5.13 Å². The maximum atomic E-state index is 12.5. The van der Waals surface area contributed by atoms with Crippen molar-refractivity contribution in [3.8, 4) is 17.0 Å². The number of hydrogen-bond donors (Lipinski definition) is 1. The highest BCUT2D eigenvalue weighted by molar-refractivity contribution is 7.92. The first-order valence-electron chi connectivity index (χ1n) is 8.98. The van der Waals surface area contributed by atoms with Crippen molar-refractivity contribution in [3.05, 3.63) is 59.0 Å². The smallest absolute Gasteiger partial charge is 0.257 e. The van der Waals surface area contributed by atoms with E-state index in [1.807, 2.05) is 30.5 Å². The zero-order valence-corrected chi connectivity index (χ0v) is 18.2. The molecule has 1 heterocycles. The summed E-state index contributed by atoms with van der Waals surface area (Å²) in [4.78, 5) is 17.2. The van der Waals surface area contributed by atoms with Crippen LogP contribution in [-0.2, 0) is 9.84 Å². The summed E-state index contributed by atoms with van der Waals surface area (Å²) in [6.07, 6.45) is 0. The number of amides is 1. The van der Waals surface area contributed by atoms with Gasteiger partial charge in [-0.25, -0.2) is 13.4 Å². The molecule has 0 unspecified atom stereocenters. The summed E-state index contributed by atoms with van der Waals surface area (Å²) in [7, 11) is -1.74. The minimum atomic E-state index is -3.37. The first kappa shape index (κ1) is 21.0. The number of anilines is 1. The maximum Gasteiger partial charge on any atom is 0.257 e. The predicted molar refractivity (Wildman–Crippen MR) is 116 cm³/mol. The van der Waals surface area contributed by atoms with Crippen molar-refractivity contribution in [3.63, 3.8) is 0 Å². The lowest BCUT2D eigenvalue weighted by Gasteiger charge is -2.08. The molecule has 1 N–H and O–H groups in total. The Labute approximate surface area is 174 Å². The molecule has 2 aromatic carbocycles. The highest BCUT2D eigenvalue weighted by atomic mass is 32.2. The number of rotatable bonds is 6. The lowest BCUT2D eigenvalue weighted by molar-refractivity contribution is 0.102. The van der Waals surface area contributed by atoms with Gasteiger partial charge >= 0.3 is 0 Å². The number of benzene rings is 2. The number of thiazole rings is 1. The normalized spacial score (nSPS) is 11.5. The van der Waals surface area contributed by atoms with E-state index in [9.17, 15) is 13.2 Å². The van der Waals surface area contributed by atoms with Gasteiger partial charge in [-0.15, -0.1) is 11.3 Å². The van der Waals surface area contributed by atoms with Gasteiger partial charge in [0.2, 0.25) is 0 Å². The SMILES string of the molecule is COc1ccc(-c2csc(NC(=O)c3ccc(S(=O)(=O)C(C)C)cc3)n2)cc1C. The molecule has 1 aromatic heterocycles. The Hall–Kier alpha value is -2.71. The Balaban J connectivity index is 1.74. The van der Waals surface area contributed by atoms with E-state index in [0.717, 1.165) is 22.6 Å². The van der Waals surface area contributed by atoms with Crippen LogP contribution in [0.1, 0.15) is 29.8 Å². The van der Waals surface area contributed by atoms with Gasteiger partial charge in [-0.1, -0.05) is 0 Å². The van der Waals surface area contributed by atoms with Crippen molar-refractivity contribution in [2.75, 3.05) is 12.4 Å². The molecule has 29 heavy (non-hydrogen) atoms. The van der Waals surface area contributed by atoms with Crippen molar-refractivity contribution in [1.29, 1.82) is 0 Å². The van der Waals surface area contributed by atoms with E-state index in [1.54, 1.807) is 21.0 Å². The van der Waals surface area contributed by atoms with Crippen LogP contribution in [0.2, 0.25) is 0 Å². The first-order valence-corrected chi connectivity index (χ1v) is 11.4. The van der Waals surface area contributed by atoms with Gasteiger partial charge in [0.1, 0.15) is 5.75 Å². The molecular weight excluding hydrogens is 408 g/mol. The summed E-state index contributed by atoms with van der Waals surface area (Å²) in [5, 5.41) is 4.58. The molecule has 3 rings (SSSR count). The van der Waals surface area contributed by atoms with Gasteiger partial charge < -0.3 is 4.74 Å². The first-order chi connectivity index (χ1) is 13.7. The topological polar surface area (TPSA) is 85.4 Å². The second-order valence-electron chi connectivity index (χ2n) is 6.79. The summed E-state index contributed by atoms with van der Waals surface area (Å²) in [6, 6.07) is 11.7. The number of aryl methyl sites for hydroxylation is 1. The molecule has 0 aliphatic rings. The molecule has 0 spiro atoms. The molecule has 0 radical (unpaired) electrons. The molecule has 152 valence electrons. The van der Waals surface area contributed by atoms with E-state index in [0.29, 0.717) is 10.7 Å². The van der Waals surface area contributed by atoms with Gasteiger partial charge in [-0.2, -0.15) is 0 Å². The maximum absolute atomic E-state index is 12.5. The number of ether oxygens (including phenoxy) is 1. The minimum absolute atomic E-state index is 0.204. The van der Waals surface area contributed by atoms with Crippen LogP contribution in [0.5, 0.6) is 5.75 Å². The van der Waals surface area contributed by atoms with Crippen molar-refractivity contribution >= 4 is 32.2 Å². The van der Waals surface area contributed by atoms with Crippen molar-refractivity contribution in [2.24, 2.45) is 0 Å². The Morgan fingerprint density at radius 3 is 2.41 bits per heavy atom. The number of methoxy groups -OCH3 is 1. The molecule has 0 aliphatic carbocycles. The molecule has 0 aliphatic heterocycles. The Kier molecular flexibility index (Phi) is 6.04. The predicted octanol–water partition coefficient (Wildman–Crippen LogP) is 4.56. The Bertz CT molecular complexity index is 1130. The highest BCUT2D eigenvalue weighted by Crippen LogP contribution is 2.29. The van der Waals surface area contributed by atoms with Gasteiger partial charge in [0.25, 0.3) is 5.91 Å². The van der Waals surface area contributed by atoms with E-state index in [-0.39, 0.29) is 10.8 Å². The van der Waals surface area contributed by atoms with Crippen LogP contribution in [-0.4, -0.2) is 31.7 Å². The Morgan fingerprint density at radius 1 is 1.14 bits per heavy atom. The number of sulfone groups is 1. The third kappa shape index (κ3) is 4.49. The second kappa shape index (κ2) is 8.34. The molecule has 0 fully saturated rings. The fourth-order valence-corrected chi connectivity index (χ4v) is 4.51. The third-order valence-electron chi connectivity index (χ3n) is 4.48. The van der Waals surface area contributed by atoms with E-state index >= 15 is 0 Å². The number of nitrogens with one attached hydrogen (secondary N) is 1. The molecule has 8 heteroatoms. The molecule has 0 atom stereocenters. The van der Waals surface area contributed by atoms with E-state index in [1.165, 1.54) is 35.6 Å². The van der Waals surface area contributed by atoms with Gasteiger partial charge in [0, 0.05) is 16.5 Å². The van der Waals surface area contributed by atoms with E-state index in [2.05, 4.69) is 10.3 Å². The largest absolute Gasteiger partial charge is 0.496 e. The summed E-state index contributed by atoms with van der Waals surface area (Å²) >= 11 is 1.32. The summed E-state index contributed by atoms with van der Waals surface area (Å²) < 4.78 is 29.7. The summed E-state index contributed by atoms with van der Waals surface area (Å²) in [5.74, 6) is 0.464. The van der Waals surface area contributed by atoms with Crippen molar-refractivity contribution < 1.29 is 17.9 Å². The molecule has 0 bridgehead atoms. The number of carbonyl (C=O) groups excluding carboxylic acids is 1. The number of aromatic nitrogens is 1. The fourth-order valence-electron chi connectivity index (χ4n) is 2.74. The molecule has 0 saturated heterocycles. The summed E-state index contributed by atoms with van der Waals surface area (Å²) in [6.45, 7) is 5.21. The monoisotopic (exact) mass is 430 g/mol. The van der Waals surface area contributed by atoms with E-state index in [4.69, 9.17) is 4.74 Å². The third-order valence-corrected chi connectivity index (χ3v) is 7.41. The van der Waals surface area contributed by atoms with Gasteiger partial charge in [0.15, 0.2) is 15.0 Å².